The van der Waals surface area contributed by atoms with Gasteiger partial charge in [-0.3, -0.25) is 0 Å². The lowest BCUT2D eigenvalue weighted by atomic mass is 10.2. The van der Waals surface area contributed by atoms with Crippen molar-refractivity contribution in [2.75, 3.05) is 21.1 Å². The molecule has 82 valence electrons. The van der Waals surface area contributed by atoms with Crippen LogP contribution in [0.3, 0.4) is 0 Å². The minimum atomic E-state index is -0.911. The van der Waals surface area contributed by atoms with E-state index < -0.39 is 6.09 Å². The first kappa shape index (κ1) is 11.5. The lowest BCUT2D eigenvalue weighted by Crippen LogP contribution is -2.53. The molecule has 0 saturated carbocycles. The van der Waals surface area contributed by atoms with Crippen LogP contribution in [-0.2, 0) is 6.54 Å². The van der Waals surface area contributed by atoms with E-state index in [1.807, 2.05) is 51.5 Å². The fourth-order valence-electron chi connectivity index (χ4n) is 1.29. The van der Waals surface area contributed by atoms with Crippen molar-refractivity contribution in [3.8, 4) is 0 Å². The summed E-state index contributed by atoms with van der Waals surface area (Å²) in [6.45, 7) is 0.402. The van der Waals surface area contributed by atoms with E-state index in [-0.39, 0.29) is 4.59 Å². The highest BCUT2D eigenvalue weighted by atomic mass is 16.4. The van der Waals surface area contributed by atoms with Gasteiger partial charge < -0.3 is 5.11 Å². The summed E-state index contributed by atoms with van der Waals surface area (Å²) in [6, 6.07) is 9.58. The summed E-state index contributed by atoms with van der Waals surface area (Å²) in [5.74, 6) is 0. The molecule has 0 spiro atoms. The average molecular weight is 209 g/mol. The topological polar surface area (TPSA) is 40.5 Å². The first-order valence-corrected chi connectivity index (χ1v) is 4.77. The van der Waals surface area contributed by atoms with E-state index in [1.54, 1.807) is 0 Å². The Labute approximate surface area is 89.9 Å². The third kappa shape index (κ3) is 3.25. The van der Waals surface area contributed by atoms with Crippen LogP contribution in [0, 0.1) is 0 Å². The third-order valence-corrected chi connectivity index (χ3v) is 2.12. The molecule has 4 heteroatoms. The number of amides is 1. The number of quaternary nitrogens is 1. The van der Waals surface area contributed by atoms with Crippen LogP contribution < -0.4 is 0 Å². The fraction of sp³-hybridized carbons (Fsp3) is 0.364. The number of rotatable bonds is 3. The largest absolute Gasteiger partial charge is 0.462 e. The van der Waals surface area contributed by atoms with E-state index in [4.69, 9.17) is 5.11 Å². The third-order valence-electron chi connectivity index (χ3n) is 2.12. The van der Waals surface area contributed by atoms with Gasteiger partial charge in [0.15, 0.2) is 0 Å². The molecule has 0 radical (unpaired) electrons. The second-order valence-electron chi connectivity index (χ2n) is 4.27. The monoisotopic (exact) mass is 209 g/mol. The van der Waals surface area contributed by atoms with E-state index in [0.29, 0.717) is 6.54 Å². The standard InChI is InChI=1S/C11H16N2O2/c1-13(2,3)12(11(14)15)9-10-7-5-4-6-8-10/h4-8H,9H2,1-3H3/p+1. The molecule has 0 fully saturated rings. The van der Waals surface area contributed by atoms with E-state index >= 15 is 0 Å². The van der Waals surface area contributed by atoms with Crippen LogP contribution in [0.25, 0.3) is 0 Å². The van der Waals surface area contributed by atoms with Gasteiger partial charge in [-0.15, -0.1) is 5.01 Å². The van der Waals surface area contributed by atoms with Crippen molar-refractivity contribution in [3.05, 3.63) is 35.9 Å². The van der Waals surface area contributed by atoms with E-state index in [1.165, 1.54) is 5.01 Å². The predicted molar refractivity (Wildman–Crippen MR) is 58.0 cm³/mol. The minimum Gasteiger partial charge on any atom is -0.462 e. The normalized spacial score (nSPS) is 11.1. The average Bonchev–Trinajstić information content (AvgIpc) is 2.13. The number of carboxylic acid groups (broad SMARTS) is 1. The Hall–Kier alpha value is -1.55. The van der Waals surface area contributed by atoms with Gasteiger partial charge in [0.2, 0.25) is 0 Å². The zero-order chi connectivity index (χ0) is 11.5. The van der Waals surface area contributed by atoms with Gasteiger partial charge >= 0.3 is 6.09 Å². The Morgan fingerprint density at radius 3 is 2.20 bits per heavy atom. The van der Waals surface area contributed by atoms with Crippen LogP contribution in [0.1, 0.15) is 5.56 Å². The maximum absolute atomic E-state index is 11.1. The van der Waals surface area contributed by atoms with Crippen molar-refractivity contribution in [2.45, 2.75) is 6.54 Å². The summed E-state index contributed by atoms with van der Waals surface area (Å²) in [5.41, 5.74) is 0.993. The maximum atomic E-state index is 11.1. The SMILES string of the molecule is C[N+](C)(C)N(Cc1ccccc1)C(=O)O. The van der Waals surface area contributed by atoms with Crippen molar-refractivity contribution < 1.29 is 14.5 Å². The lowest BCUT2D eigenvalue weighted by molar-refractivity contribution is -0.976. The van der Waals surface area contributed by atoms with Gasteiger partial charge in [-0.25, -0.2) is 9.39 Å². The minimum absolute atomic E-state index is 0.268. The molecule has 0 aliphatic carbocycles. The van der Waals surface area contributed by atoms with Crippen LogP contribution in [0.2, 0.25) is 0 Å². The summed E-state index contributed by atoms with van der Waals surface area (Å²) >= 11 is 0. The van der Waals surface area contributed by atoms with Gasteiger partial charge in [-0.2, -0.15) is 0 Å². The van der Waals surface area contributed by atoms with Gasteiger partial charge in [0.1, 0.15) is 6.54 Å². The molecule has 4 nitrogen and oxygen atoms in total. The molecule has 1 amide bonds. The quantitative estimate of drug-likeness (QED) is 0.609. The van der Waals surface area contributed by atoms with Crippen LogP contribution in [0.5, 0.6) is 0 Å². The van der Waals surface area contributed by atoms with Crippen LogP contribution >= 0.6 is 0 Å². The van der Waals surface area contributed by atoms with Crippen molar-refractivity contribution in [3.63, 3.8) is 0 Å². The van der Waals surface area contributed by atoms with Gasteiger partial charge in [0.25, 0.3) is 0 Å². The summed E-state index contributed by atoms with van der Waals surface area (Å²) in [6.07, 6.45) is -0.911. The number of hydrogen-bond acceptors (Lipinski definition) is 1. The maximum Gasteiger partial charge on any atom is 0.452 e. The van der Waals surface area contributed by atoms with Crippen LogP contribution in [0.15, 0.2) is 30.3 Å². The number of nitrogens with zero attached hydrogens (tertiary/aromatic N) is 2. The van der Waals surface area contributed by atoms with Crippen molar-refractivity contribution in [1.82, 2.24) is 5.01 Å². The molecule has 0 atom stereocenters. The first-order valence-electron chi connectivity index (χ1n) is 4.77. The molecular weight excluding hydrogens is 192 g/mol. The predicted octanol–water partition coefficient (Wildman–Crippen LogP) is 1.79. The Bertz CT molecular complexity index is 330. The zero-order valence-corrected chi connectivity index (χ0v) is 9.34. The summed E-state index contributed by atoms with van der Waals surface area (Å²) < 4.78 is 0.268. The molecule has 15 heavy (non-hydrogen) atoms. The highest BCUT2D eigenvalue weighted by Gasteiger charge is 2.26. The van der Waals surface area contributed by atoms with Crippen LogP contribution in [0.4, 0.5) is 4.79 Å². The number of hydrogen-bond donors (Lipinski definition) is 1. The number of benzene rings is 1. The molecular formula is C11H17N2O2+. The first-order chi connectivity index (χ1) is 6.91. The molecule has 1 rings (SSSR count). The Morgan fingerprint density at radius 2 is 1.80 bits per heavy atom. The molecule has 0 aromatic heterocycles. The van der Waals surface area contributed by atoms with E-state index in [0.717, 1.165) is 5.56 Å². The second-order valence-corrected chi connectivity index (χ2v) is 4.27. The Morgan fingerprint density at radius 1 is 1.27 bits per heavy atom. The van der Waals surface area contributed by atoms with Gasteiger partial charge in [0.05, 0.1) is 21.1 Å². The highest BCUT2D eigenvalue weighted by Crippen LogP contribution is 2.09. The van der Waals surface area contributed by atoms with Crippen molar-refractivity contribution in [1.29, 1.82) is 0 Å². The van der Waals surface area contributed by atoms with Crippen LogP contribution in [-0.4, -0.2) is 41.9 Å². The molecule has 0 aliphatic rings. The molecule has 0 aliphatic heterocycles. The fourth-order valence-corrected chi connectivity index (χ4v) is 1.29. The molecule has 1 aromatic carbocycles. The smallest absolute Gasteiger partial charge is 0.452 e. The highest BCUT2D eigenvalue weighted by molar-refractivity contribution is 5.63. The molecule has 0 unspecified atom stereocenters. The molecule has 1 aromatic rings. The summed E-state index contributed by atoms with van der Waals surface area (Å²) in [4.78, 5) is 11.1. The van der Waals surface area contributed by atoms with E-state index in [2.05, 4.69) is 0 Å². The van der Waals surface area contributed by atoms with Crippen molar-refractivity contribution >= 4 is 6.09 Å². The van der Waals surface area contributed by atoms with Crippen molar-refractivity contribution in [2.24, 2.45) is 0 Å². The number of carbonyl (C=O) groups is 1. The summed E-state index contributed by atoms with van der Waals surface area (Å²) in [5, 5.41) is 10.5. The molecule has 0 heterocycles. The lowest BCUT2D eigenvalue weighted by Gasteiger charge is -2.33. The van der Waals surface area contributed by atoms with Gasteiger partial charge in [0, 0.05) is 0 Å². The molecule has 0 bridgehead atoms. The second kappa shape index (κ2) is 4.31. The Kier molecular flexibility index (Phi) is 3.31. The van der Waals surface area contributed by atoms with Gasteiger partial charge in [-0.1, -0.05) is 30.3 Å². The van der Waals surface area contributed by atoms with E-state index in [9.17, 15) is 4.79 Å². The zero-order valence-electron chi connectivity index (χ0n) is 9.34. The van der Waals surface area contributed by atoms with Gasteiger partial charge in [-0.05, 0) is 5.56 Å². The Balaban J connectivity index is 2.82. The summed E-state index contributed by atoms with van der Waals surface area (Å²) in [7, 11) is 5.49. The molecule has 0 saturated heterocycles. The molecule has 1 N–H and O–H groups in total.